The zero-order valence-corrected chi connectivity index (χ0v) is 13.3. The normalized spacial score (nSPS) is 12.3. The first-order chi connectivity index (χ1) is 11.2. The molecule has 0 aromatic heterocycles. The molecule has 0 saturated heterocycles. The third-order valence-electron chi connectivity index (χ3n) is 3.91. The lowest BCUT2D eigenvalue weighted by molar-refractivity contribution is -0.115. The molecule has 0 aliphatic carbocycles. The largest absolute Gasteiger partial charge is 0.493 e. The number of fused-ring (bicyclic) bond motifs is 1. The third-order valence-corrected chi connectivity index (χ3v) is 3.91. The van der Waals surface area contributed by atoms with Crippen molar-refractivity contribution in [3.05, 3.63) is 47.5 Å². The van der Waals surface area contributed by atoms with Crippen LogP contribution in [0.15, 0.2) is 36.4 Å². The minimum absolute atomic E-state index is 0.0527. The Morgan fingerprint density at radius 1 is 1.13 bits per heavy atom. The van der Waals surface area contributed by atoms with Gasteiger partial charge in [-0.3, -0.25) is 4.79 Å². The van der Waals surface area contributed by atoms with Crippen LogP contribution in [-0.2, 0) is 17.6 Å². The van der Waals surface area contributed by atoms with Crippen molar-refractivity contribution in [2.45, 2.75) is 12.8 Å². The highest BCUT2D eigenvalue weighted by Crippen LogP contribution is 2.28. The van der Waals surface area contributed by atoms with Crippen molar-refractivity contribution in [2.75, 3.05) is 31.4 Å². The Balaban J connectivity index is 1.67. The van der Waals surface area contributed by atoms with Crippen molar-refractivity contribution >= 4 is 17.3 Å². The monoisotopic (exact) mass is 312 g/mol. The summed E-state index contributed by atoms with van der Waals surface area (Å²) >= 11 is 0. The summed E-state index contributed by atoms with van der Waals surface area (Å²) in [5.41, 5.74) is 4.11. The van der Waals surface area contributed by atoms with Gasteiger partial charge in [-0.1, -0.05) is 6.07 Å². The molecule has 0 radical (unpaired) electrons. The number of anilines is 2. The van der Waals surface area contributed by atoms with E-state index >= 15 is 0 Å². The van der Waals surface area contributed by atoms with Gasteiger partial charge in [-0.2, -0.15) is 0 Å². The number of carbonyl (C=O) groups excluding carboxylic acids is 1. The molecule has 1 heterocycles. The summed E-state index contributed by atoms with van der Waals surface area (Å²) in [5, 5.41) is 6.25. The van der Waals surface area contributed by atoms with Gasteiger partial charge in [0.1, 0.15) is 0 Å². The van der Waals surface area contributed by atoms with Crippen molar-refractivity contribution in [3.63, 3.8) is 0 Å². The number of ether oxygens (including phenoxy) is 2. The average molecular weight is 312 g/mol. The molecule has 0 bridgehead atoms. The highest BCUT2D eigenvalue weighted by atomic mass is 16.5. The highest BCUT2D eigenvalue weighted by molar-refractivity contribution is 5.92. The number of methoxy groups -OCH3 is 2. The summed E-state index contributed by atoms with van der Waals surface area (Å²) in [6.45, 7) is 0.957. The first-order valence-electron chi connectivity index (χ1n) is 7.57. The summed E-state index contributed by atoms with van der Waals surface area (Å²) in [6, 6.07) is 11.5. The van der Waals surface area contributed by atoms with E-state index in [1.54, 1.807) is 14.2 Å². The molecule has 5 nitrogen and oxygen atoms in total. The van der Waals surface area contributed by atoms with Gasteiger partial charge >= 0.3 is 0 Å². The zero-order valence-electron chi connectivity index (χ0n) is 13.3. The Morgan fingerprint density at radius 3 is 2.74 bits per heavy atom. The predicted octanol–water partition coefficient (Wildman–Crippen LogP) is 2.85. The molecule has 0 unspecified atom stereocenters. The summed E-state index contributed by atoms with van der Waals surface area (Å²) in [7, 11) is 3.17. The number of nitrogens with one attached hydrogen (secondary N) is 2. The van der Waals surface area contributed by atoms with Gasteiger partial charge < -0.3 is 20.1 Å². The first kappa shape index (κ1) is 15.2. The van der Waals surface area contributed by atoms with Crippen molar-refractivity contribution in [1.82, 2.24) is 0 Å². The van der Waals surface area contributed by atoms with Crippen molar-refractivity contribution < 1.29 is 14.3 Å². The van der Waals surface area contributed by atoms with E-state index in [0.29, 0.717) is 11.5 Å². The number of amides is 1. The quantitative estimate of drug-likeness (QED) is 0.891. The molecule has 0 spiro atoms. The van der Waals surface area contributed by atoms with Crippen LogP contribution < -0.4 is 20.1 Å². The third kappa shape index (κ3) is 3.39. The molecule has 1 amide bonds. The molecule has 5 heteroatoms. The summed E-state index contributed by atoms with van der Waals surface area (Å²) in [4.78, 5) is 12.2. The van der Waals surface area contributed by atoms with Gasteiger partial charge in [-0.15, -0.1) is 0 Å². The molecule has 2 N–H and O–H groups in total. The second-order valence-electron chi connectivity index (χ2n) is 5.46. The maximum Gasteiger partial charge on any atom is 0.228 e. The average Bonchev–Trinajstić information content (AvgIpc) is 3.02. The first-order valence-corrected chi connectivity index (χ1v) is 7.57. The van der Waals surface area contributed by atoms with Crippen molar-refractivity contribution in [1.29, 1.82) is 0 Å². The molecule has 0 fully saturated rings. The van der Waals surface area contributed by atoms with Crippen LogP contribution in [0.5, 0.6) is 11.5 Å². The molecule has 3 rings (SSSR count). The molecule has 1 aliphatic heterocycles. The smallest absolute Gasteiger partial charge is 0.228 e. The molecule has 2 aromatic rings. The van der Waals surface area contributed by atoms with Crippen LogP contribution in [0.3, 0.4) is 0 Å². The Kier molecular flexibility index (Phi) is 4.37. The van der Waals surface area contributed by atoms with Crippen LogP contribution in [0.1, 0.15) is 11.1 Å². The van der Waals surface area contributed by atoms with E-state index in [-0.39, 0.29) is 12.3 Å². The zero-order chi connectivity index (χ0) is 16.2. The lowest BCUT2D eigenvalue weighted by atomic mass is 10.1. The minimum atomic E-state index is -0.0527. The number of carbonyl (C=O) groups is 1. The Bertz CT molecular complexity index is 728. The van der Waals surface area contributed by atoms with E-state index in [4.69, 9.17) is 9.47 Å². The predicted molar refractivity (Wildman–Crippen MR) is 90.5 cm³/mol. The Labute approximate surface area is 135 Å². The van der Waals surface area contributed by atoms with Gasteiger partial charge in [0.25, 0.3) is 0 Å². The highest BCUT2D eigenvalue weighted by Gasteiger charge is 2.12. The van der Waals surface area contributed by atoms with Gasteiger partial charge in [-0.05, 0) is 47.9 Å². The summed E-state index contributed by atoms with van der Waals surface area (Å²) in [5.74, 6) is 1.23. The van der Waals surface area contributed by atoms with Crippen molar-refractivity contribution in [2.24, 2.45) is 0 Å². The van der Waals surface area contributed by atoms with E-state index in [1.165, 1.54) is 5.56 Å². The fourth-order valence-electron chi connectivity index (χ4n) is 2.76. The number of benzene rings is 2. The Morgan fingerprint density at radius 2 is 1.96 bits per heavy atom. The molecule has 1 aliphatic rings. The lowest BCUT2D eigenvalue weighted by Crippen LogP contribution is -2.14. The fourth-order valence-corrected chi connectivity index (χ4v) is 2.76. The van der Waals surface area contributed by atoms with Crippen LogP contribution in [-0.4, -0.2) is 26.7 Å². The van der Waals surface area contributed by atoms with E-state index in [9.17, 15) is 4.79 Å². The van der Waals surface area contributed by atoms with E-state index in [2.05, 4.69) is 10.6 Å². The second-order valence-corrected chi connectivity index (χ2v) is 5.46. The van der Waals surface area contributed by atoms with Crippen LogP contribution in [0.25, 0.3) is 0 Å². The van der Waals surface area contributed by atoms with E-state index in [0.717, 1.165) is 29.9 Å². The topological polar surface area (TPSA) is 59.6 Å². The van der Waals surface area contributed by atoms with Crippen LogP contribution in [0, 0.1) is 0 Å². The second kappa shape index (κ2) is 6.60. The van der Waals surface area contributed by atoms with E-state index < -0.39 is 0 Å². The van der Waals surface area contributed by atoms with Gasteiger partial charge in [0.15, 0.2) is 11.5 Å². The number of hydrogen-bond acceptors (Lipinski definition) is 4. The fraction of sp³-hybridized carbons (Fsp3) is 0.278. The maximum absolute atomic E-state index is 12.2. The molecule has 0 saturated carbocycles. The summed E-state index contributed by atoms with van der Waals surface area (Å²) in [6.07, 6.45) is 1.28. The SMILES string of the molecule is COc1ccc(CC(=O)Nc2ccc3c(c2)CCN3)cc1OC. The molecule has 120 valence electrons. The van der Waals surface area contributed by atoms with Gasteiger partial charge in [0.05, 0.1) is 20.6 Å². The minimum Gasteiger partial charge on any atom is -0.493 e. The summed E-state index contributed by atoms with van der Waals surface area (Å²) < 4.78 is 10.5. The lowest BCUT2D eigenvalue weighted by Gasteiger charge is -2.10. The van der Waals surface area contributed by atoms with Gasteiger partial charge in [0.2, 0.25) is 5.91 Å². The molecule has 0 atom stereocenters. The van der Waals surface area contributed by atoms with Crippen LogP contribution in [0.2, 0.25) is 0 Å². The number of hydrogen-bond donors (Lipinski definition) is 2. The molecule has 2 aromatic carbocycles. The van der Waals surface area contributed by atoms with Gasteiger partial charge in [-0.25, -0.2) is 0 Å². The van der Waals surface area contributed by atoms with Crippen LogP contribution >= 0.6 is 0 Å². The number of rotatable bonds is 5. The van der Waals surface area contributed by atoms with Gasteiger partial charge in [0, 0.05) is 17.9 Å². The molecule has 23 heavy (non-hydrogen) atoms. The standard InChI is InChI=1S/C18H20N2O3/c1-22-16-6-3-12(9-17(16)23-2)10-18(21)20-14-4-5-15-13(11-14)7-8-19-15/h3-6,9,11,19H,7-8,10H2,1-2H3,(H,20,21). The molecular formula is C18H20N2O3. The van der Waals surface area contributed by atoms with E-state index in [1.807, 2.05) is 36.4 Å². The maximum atomic E-state index is 12.2. The Hall–Kier alpha value is -2.69. The van der Waals surface area contributed by atoms with Crippen LogP contribution in [0.4, 0.5) is 11.4 Å². The van der Waals surface area contributed by atoms with Crippen molar-refractivity contribution in [3.8, 4) is 11.5 Å². The molecular weight excluding hydrogens is 292 g/mol.